The molecule has 140 valence electrons. The van der Waals surface area contributed by atoms with E-state index in [4.69, 9.17) is 0 Å². The van der Waals surface area contributed by atoms with Crippen LogP contribution in [0.4, 0.5) is 5.82 Å². The molecular formula is C24H23N3O. The molecule has 28 heavy (non-hydrogen) atoms. The number of amides is 1. The van der Waals surface area contributed by atoms with Gasteiger partial charge in [-0.2, -0.15) is 0 Å². The number of aromatic nitrogens is 1. The van der Waals surface area contributed by atoms with E-state index in [1.54, 1.807) is 6.20 Å². The van der Waals surface area contributed by atoms with Crippen molar-refractivity contribution in [2.45, 2.75) is 25.9 Å². The lowest BCUT2D eigenvalue weighted by Crippen LogP contribution is -2.36. The van der Waals surface area contributed by atoms with Gasteiger partial charge in [0.15, 0.2) is 0 Å². The highest BCUT2D eigenvalue weighted by atomic mass is 16.2. The Bertz CT molecular complexity index is 1010. The van der Waals surface area contributed by atoms with Crippen molar-refractivity contribution in [3.8, 4) is 0 Å². The highest BCUT2D eigenvalue weighted by Gasteiger charge is 2.22. The summed E-state index contributed by atoms with van der Waals surface area (Å²) in [7, 11) is 0. The van der Waals surface area contributed by atoms with Crippen LogP contribution in [0.2, 0.25) is 0 Å². The van der Waals surface area contributed by atoms with Crippen LogP contribution in [0.1, 0.15) is 32.6 Å². The third kappa shape index (κ3) is 3.15. The van der Waals surface area contributed by atoms with Crippen LogP contribution in [-0.4, -0.2) is 28.9 Å². The Morgan fingerprint density at radius 2 is 1.39 bits per heavy atom. The van der Waals surface area contributed by atoms with Crippen LogP contribution in [0.15, 0.2) is 66.9 Å². The van der Waals surface area contributed by atoms with Gasteiger partial charge in [0.1, 0.15) is 5.82 Å². The third-order valence-corrected chi connectivity index (χ3v) is 5.87. The van der Waals surface area contributed by atoms with Gasteiger partial charge in [-0.05, 0) is 47.2 Å². The van der Waals surface area contributed by atoms with Crippen molar-refractivity contribution in [3.05, 3.63) is 94.7 Å². The molecule has 0 spiro atoms. The molecule has 4 heteroatoms. The van der Waals surface area contributed by atoms with Crippen LogP contribution < -0.4 is 4.90 Å². The van der Waals surface area contributed by atoms with E-state index in [1.165, 1.54) is 22.3 Å². The first-order chi connectivity index (χ1) is 13.8. The molecular weight excluding hydrogens is 346 g/mol. The molecule has 3 aromatic rings. The second-order valence-corrected chi connectivity index (χ2v) is 7.59. The minimum absolute atomic E-state index is 0.0672. The maximum atomic E-state index is 12.9. The van der Waals surface area contributed by atoms with E-state index >= 15 is 0 Å². The van der Waals surface area contributed by atoms with E-state index in [-0.39, 0.29) is 5.91 Å². The molecule has 0 saturated heterocycles. The normalized spacial score (nSPS) is 15.7. The van der Waals surface area contributed by atoms with Gasteiger partial charge in [-0.15, -0.1) is 0 Å². The van der Waals surface area contributed by atoms with Gasteiger partial charge in [0.05, 0.1) is 5.56 Å². The number of nitrogens with zero attached hydrogens (tertiary/aromatic N) is 3. The first-order valence-corrected chi connectivity index (χ1v) is 9.92. The summed E-state index contributed by atoms with van der Waals surface area (Å²) in [5.74, 6) is 1.01. The van der Waals surface area contributed by atoms with Crippen molar-refractivity contribution >= 4 is 11.7 Å². The standard InChI is InChI=1S/C24H23N3O/c28-24(27-14-12-19-6-2-4-8-22(19)17-27)20-9-10-23(25-15-20)26-13-11-18-5-1-3-7-21(18)16-26/h1-10,15H,11-14,16-17H2. The summed E-state index contributed by atoms with van der Waals surface area (Å²) in [6.45, 7) is 3.28. The highest BCUT2D eigenvalue weighted by molar-refractivity contribution is 5.94. The molecule has 0 unspecified atom stereocenters. The third-order valence-electron chi connectivity index (χ3n) is 5.87. The lowest BCUT2D eigenvalue weighted by Gasteiger charge is -2.30. The van der Waals surface area contributed by atoms with Crippen LogP contribution in [0.5, 0.6) is 0 Å². The number of hydrogen-bond donors (Lipinski definition) is 0. The Morgan fingerprint density at radius 3 is 2.07 bits per heavy atom. The van der Waals surface area contributed by atoms with Crippen molar-refractivity contribution in [3.63, 3.8) is 0 Å². The van der Waals surface area contributed by atoms with Crippen molar-refractivity contribution in [1.29, 1.82) is 0 Å². The van der Waals surface area contributed by atoms with Crippen LogP contribution in [-0.2, 0) is 25.9 Å². The van der Waals surface area contributed by atoms with Crippen molar-refractivity contribution in [2.75, 3.05) is 18.0 Å². The molecule has 5 rings (SSSR count). The van der Waals surface area contributed by atoms with Crippen molar-refractivity contribution < 1.29 is 4.79 Å². The quantitative estimate of drug-likeness (QED) is 0.689. The van der Waals surface area contributed by atoms with Gasteiger partial charge < -0.3 is 9.80 Å². The zero-order valence-corrected chi connectivity index (χ0v) is 15.8. The summed E-state index contributed by atoms with van der Waals surface area (Å²) in [4.78, 5) is 21.8. The van der Waals surface area contributed by atoms with E-state index in [0.29, 0.717) is 12.1 Å². The number of pyridine rings is 1. The van der Waals surface area contributed by atoms with Gasteiger partial charge in [0.2, 0.25) is 0 Å². The Morgan fingerprint density at radius 1 is 0.750 bits per heavy atom. The van der Waals surface area contributed by atoms with Gasteiger partial charge in [-0.3, -0.25) is 4.79 Å². The fourth-order valence-corrected chi connectivity index (χ4v) is 4.24. The Labute approximate surface area is 165 Å². The molecule has 0 fully saturated rings. The molecule has 0 aliphatic carbocycles. The minimum Gasteiger partial charge on any atom is -0.352 e. The summed E-state index contributed by atoms with van der Waals surface area (Å²) in [5.41, 5.74) is 6.06. The van der Waals surface area contributed by atoms with Gasteiger partial charge in [0, 0.05) is 32.4 Å². The largest absolute Gasteiger partial charge is 0.352 e. The van der Waals surface area contributed by atoms with E-state index in [2.05, 4.69) is 52.3 Å². The number of rotatable bonds is 2. The molecule has 2 aliphatic rings. The maximum absolute atomic E-state index is 12.9. The second kappa shape index (κ2) is 7.12. The number of benzene rings is 2. The monoisotopic (exact) mass is 369 g/mol. The molecule has 1 aromatic heterocycles. The van der Waals surface area contributed by atoms with Crippen LogP contribution >= 0.6 is 0 Å². The van der Waals surface area contributed by atoms with E-state index in [0.717, 1.165) is 38.3 Å². The van der Waals surface area contributed by atoms with Gasteiger partial charge in [0.25, 0.3) is 5.91 Å². The van der Waals surface area contributed by atoms with Crippen LogP contribution in [0, 0.1) is 0 Å². The van der Waals surface area contributed by atoms with Gasteiger partial charge in [-0.25, -0.2) is 4.98 Å². The average Bonchev–Trinajstić information content (AvgIpc) is 2.78. The summed E-state index contributed by atoms with van der Waals surface area (Å²) < 4.78 is 0. The summed E-state index contributed by atoms with van der Waals surface area (Å²) in [5, 5.41) is 0. The molecule has 2 aromatic carbocycles. The lowest BCUT2D eigenvalue weighted by atomic mass is 9.99. The lowest BCUT2D eigenvalue weighted by molar-refractivity contribution is 0.0734. The zero-order valence-electron chi connectivity index (χ0n) is 15.8. The Kier molecular flexibility index (Phi) is 4.32. The highest BCUT2D eigenvalue weighted by Crippen LogP contribution is 2.24. The molecule has 0 saturated carbocycles. The molecule has 4 nitrogen and oxygen atoms in total. The van der Waals surface area contributed by atoms with Crippen LogP contribution in [0.25, 0.3) is 0 Å². The molecule has 0 bridgehead atoms. The molecule has 2 aliphatic heterocycles. The fraction of sp³-hybridized carbons (Fsp3) is 0.250. The predicted octanol–water partition coefficient (Wildman–Crippen LogP) is 3.84. The number of anilines is 1. The topological polar surface area (TPSA) is 36.4 Å². The summed E-state index contributed by atoms with van der Waals surface area (Å²) in [6.07, 6.45) is 3.69. The number of fused-ring (bicyclic) bond motifs is 2. The molecule has 0 atom stereocenters. The van der Waals surface area contributed by atoms with Gasteiger partial charge in [-0.1, -0.05) is 48.5 Å². The second-order valence-electron chi connectivity index (χ2n) is 7.59. The molecule has 0 N–H and O–H groups in total. The van der Waals surface area contributed by atoms with E-state index in [1.807, 2.05) is 23.1 Å². The van der Waals surface area contributed by atoms with Gasteiger partial charge >= 0.3 is 0 Å². The summed E-state index contributed by atoms with van der Waals surface area (Å²) in [6, 6.07) is 20.9. The number of carbonyl (C=O) groups is 1. The summed E-state index contributed by atoms with van der Waals surface area (Å²) >= 11 is 0. The smallest absolute Gasteiger partial charge is 0.255 e. The average molecular weight is 369 g/mol. The fourth-order valence-electron chi connectivity index (χ4n) is 4.24. The molecule has 0 radical (unpaired) electrons. The molecule has 3 heterocycles. The first kappa shape index (κ1) is 17.0. The van der Waals surface area contributed by atoms with Crippen molar-refractivity contribution in [1.82, 2.24) is 9.88 Å². The van der Waals surface area contributed by atoms with E-state index in [9.17, 15) is 4.79 Å². The zero-order chi connectivity index (χ0) is 18.9. The number of hydrogen-bond acceptors (Lipinski definition) is 3. The Hall–Kier alpha value is -3.14. The molecule has 1 amide bonds. The first-order valence-electron chi connectivity index (χ1n) is 9.92. The Balaban J connectivity index is 1.30. The van der Waals surface area contributed by atoms with Crippen LogP contribution in [0.3, 0.4) is 0 Å². The maximum Gasteiger partial charge on any atom is 0.255 e. The number of carbonyl (C=O) groups excluding carboxylic acids is 1. The predicted molar refractivity (Wildman–Crippen MR) is 110 cm³/mol. The van der Waals surface area contributed by atoms with E-state index < -0.39 is 0 Å². The van der Waals surface area contributed by atoms with Crippen molar-refractivity contribution in [2.24, 2.45) is 0 Å². The SMILES string of the molecule is O=C(c1ccc(N2CCc3ccccc3C2)nc1)N1CCc2ccccc2C1. The minimum atomic E-state index is 0.0672.